The summed E-state index contributed by atoms with van der Waals surface area (Å²) >= 11 is 9.39. The van der Waals surface area contributed by atoms with Gasteiger partial charge in [-0.15, -0.1) is 0 Å². The molecule has 1 aliphatic heterocycles. The average molecular weight is 603 g/mol. The van der Waals surface area contributed by atoms with E-state index in [1.165, 1.54) is 0 Å². The van der Waals surface area contributed by atoms with Crippen molar-refractivity contribution in [1.82, 2.24) is 19.8 Å². The van der Waals surface area contributed by atoms with Crippen molar-refractivity contribution in [2.24, 2.45) is 0 Å². The Morgan fingerprint density at radius 1 is 1.08 bits per heavy atom. The lowest BCUT2D eigenvalue weighted by Crippen LogP contribution is -2.33. The van der Waals surface area contributed by atoms with E-state index in [-0.39, 0.29) is 18.0 Å². The molecule has 3 heterocycles. The summed E-state index contributed by atoms with van der Waals surface area (Å²) in [5, 5.41) is 7.24. The largest absolute Gasteiger partial charge is 0.352 e. The fourth-order valence-corrected chi connectivity index (χ4v) is 6.04. The second-order valence-corrected chi connectivity index (χ2v) is 11.1. The first-order chi connectivity index (χ1) is 18.9. The minimum Gasteiger partial charge on any atom is -0.352 e. The number of hydrogen-bond donors (Lipinski definition) is 2. The number of amides is 1. The van der Waals surface area contributed by atoms with Crippen LogP contribution in [0.4, 0.5) is 5.69 Å². The summed E-state index contributed by atoms with van der Waals surface area (Å²) in [6.07, 6.45) is 2.98. The molecule has 2 aromatic heterocycles. The van der Waals surface area contributed by atoms with E-state index >= 15 is 0 Å². The third-order valence-electron chi connectivity index (χ3n) is 7.32. The van der Waals surface area contributed by atoms with E-state index in [2.05, 4.69) is 92.1 Å². The molecule has 0 spiro atoms. The van der Waals surface area contributed by atoms with Crippen LogP contribution in [0.25, 0.3) is 5.69 Å². The van der Waals surface area contributed by atoms with Crippen LogP contribution in [-0.2, 0) is 11.2 Å². The van der Waals surface area contributed by atoms with Gasteiger partial charge in [-0.25, -0.2) is 0 Å². The monoisotopic (exact) mass is 601 g/mol. The van der Waals surface area contributed by atoms with E-state index in [9.17, 15) is 4.79 Å². The minimum atomic E-state index is -0.138. The molecular formula is C31H32BrN5OS. The topological polar surface area (TPSA) is 62.2 Å². The number of pyridine rings is 1. The van der Waals surface area contributed by atoms with E-state index in [0.29, 0.717) is 18.1 Å². The van der Waals surface area contributed by atoms with E-state index < -0.39 is 0 Å². The zero-order valence-corrected chi connectivity index (χ0v) is 24.7. The van der Waals surface area contributed by atoms with Gasteiger partial charge in [-0.05, 0) is 92.1 Å². The molecule has 1 saturated heterocycles. The number of nitrogens with one attached hydrogen (secondary N) is 2. The van der Waals surface area contributed by atoms with Crippen LogP contribution in [0.1, 0.15) is 53.6 Å². The van der Waals surface area contributed by atoms with Crippen LogP contribution in [0, 0.1) is 13.8 Å². The third kappa shape index (κ3) is 5.63. The fraction of sp³-hybridized carbons (Fsp3) is 0.258. The second-order valence-electron chi connectivity index (χ2n) is 9.77. The summed E-state index contributed by atoms with van der Waals surface area (Å²) in [6, 6.07) is 24.2. The summed E-state index contributed by atoms with van der Waals surface area (Å²) in [7, 11) is 0. The van der Waals surface area contributed by atoms with Gasteiger partial charge in [0.2, 0.25) is 5.91 Å². The molecule has 200 valence electrons. The summed E-state index contributed by atoms with van der Waals surface area (Å²) in [6.45, 7) is 6.85. The molecule has 2 unspecified atom stereocenters. The number of nitrogens with zero attached hydrogens (tertiary/aromatic N) is 3. The van der Waals surface area contributed by atoms with Crippen LogP contribution in [0.5, 0.6) is 0 Å². The second kappa shape index (κ2) is 11.7. The number of halogens is 1. The molecule has 1 aliphatic rings. The maximum Gasteiger partial charge on any atom is 0.226 e. The van der Waals surface area contributed by atoms with Crippen LogP contribution in [-0.4, -0.2) is 32.0 Å². The summed E-state index contributed by atoms with van der Waals surface area (Å²) in [5.74, 6) is -0.0286. The number of rotatable bonds is 8. The van der Waals surface area contributed by atoms with Crippen molar-refractivity contribution in [2.45, 2.75) is 45.7 Å². The Labute approximate surface area is 243 Å². The molecule has 1 fully saturated rings. The van der Waals surface area contributed by atoms with Gasteiger partial charge in [-0.3, -0.25) is 9.78 Å². The van der Waals surface area contributed by atoms with Gasteiger partial charge in [0.05, 0.1) is 17.8 Å². The van der Waals surface area contributed by atoms with Gasteiger partial charge in [-0.1, -0.05) is 47.1 Å². The highest BCUT2D eigenvalue weighted by Gasteiger charge is 2.41. The Hall–Kier alpha value is -3.49. The Kier molecular flexibility index (Phi) is 8.14. The molecule has 2 N–H and O–H groups in total. The molecule has 8 heteroatoms. The highest BCUT2D eigenvalue weighted by molar-refractivity contribution is 9.10. The first-order valence-corrected chi connectivity index (χ1v) is 14.4. The zero-order chi connectivity index (χ0) is 27.5. The third-order valence-corrected chi connectivity index (χ3v) is 8.20. The smallest absolute Gasteiger partial charge is 0.226 e. The fourth-order valence-electron chi connectivity index (χ4n) is 5.44. The number of carbonyl (C=O) groups is 1. The molecule has 5 rings (SSSR count). The summed E-state index contributed by atoms with van der Waals surface area (Å²) in [4.78, 5) is 19.9. The minimum absolute atomic E-state index is 0.0286. The molecule has 39 heavy (non-hydrogen) atoms. The number of hydrogen-bond acceptors (Lipinski definition) is 3. The van der Waals surface area contributed by atoms with E-state index in [1.807, 2.05) is 48.7 Å². The van der Waals surface area contributed by atoms with Gasteiger partial charge in [0, 0.05) is 46.4 Å². The first kappa shape index (κ1) is 27.1. The van der Waals surface area contributed by atoms with Gasteiger partial charge in [0.15, 0.2) is 5.11 Å². The number of aromatic nitrogens is 2. The van der Waals surface area contributed by atoms with E-state index in [0.717, 1.165) is 50.5 Å². The summed E-state index contributed by atoms with van der Waals surface area (Å²) in [5.41, 5.74) is 7.45. The van der Waals surface area contributed by atoms with Crippen molar-refractivity contribution in [2.75, 3.05) is 11.9 Å². The Morgan fingerprint density at radius 3 is 2.54 bits per heavy atom. The maximum absolute atomic E-state index is 13.1. The number of carbonyl (C=O) groups excluding carboxylic acids is 1. The highest BCUT2D eigenvalue weighted by Crippen LogP contribution is 2.41. The Bertz CT molecular complexity index is 1480. The van der Waals surface area contributed by atoms with Crippen LogP contribution >= 0.6 is 28.1 Å². The molecule has 0 radical (unpaired) electrons. The molecule has 0 aliphatic carbocycles. The lowest BCUT2D eigenvalue weighted by molar-refractivity contribution is -0.116. The van der Waals surface area contributed by atoms with Gasteiger partial charge in [0.25, 0.3) is 0 Å². The van der Waals surface area contributed by atoms with Crippen molar-refractivity contribution in [3.05, 3.63) is 112 Å². The molecule has 0 saturated carbocycles. The van der Waals surface area contributed by atoms with E-state index in [4.69, 9.17) is 12.2 Å². The Morgan fingerprint density at radius 2 is 1.82 bits per heavy atom. The van der Waals surface area contributed by atoms with Crippen molar-refractivity contribution in [3.63, 3.8) is 0 Å². The molecule has 4 aromatic rings. The van der Waals surface area contributed by atoms with Gasteiger partial charge >= 0.3 is 0 Å². The quantitative estimate of drug-likeness (QED) is 0.217. The number of benzene rings is 2. The number of aryl methyl sites for hydroxylation is 2. The number of thiocarbonyl (C=S) groups is 1. The lowest BCUT2D eigenvalue weighted by atomic mass is 9.96. The number of para-hydroxylation sites is 1. The predicted octanol–water partition coefficient (Wildman–Crippen LogP) is 6.82. The van der Waals surface area contributed by atoms with Crippen LogP contribution in [0.3, 0.4) is 0 Å². The van der Waals surface area contributed by atoms with Crippen LogP contribution in [0.2, 0.25) is 0 Å². The lowest BCUT2D eigenvalue weighted by Gasteiger charge is -2.28. The SMILES string of the molecule is CCc1ccccc1NC(=O)CCN1C(=S)NC(c2ccccn2)C1c1cc(C)n(-c2ccc(Br)cc2)c1C. The van der Waals surface area contributed by atoms with Crippen molar-refractivity contribution in [3.8, 4) is 5.69 Å². The molecule has 0 bridgehead atoms. The molecule has 6 nitrogen and oxygen atoms in total. The summed E-state index contributed by atoms with van der Waals surface area (Å²) < 4.78 is 3.31. The van der Waals surface area contributed by atoms with Crippen LogP contribution in [0.15, 0.2) is 83.5 Å². The normalized spacial score (nSPS) is 16.8. The van der Waals surface area contributed by atoms with Crippen molar-refractivity contribution < 1.29 is 4.79 Å². The van der Waals surface area contributed by atoms with Gasteiger partial charge in [0.1, 0.15) is 0 Å². The molecule has 2 aromatic carbocycles. The van der Waals surface area contributed by atoms with E-state index in [1.54, 1.807) is 0 Å². The van der Waals surface area contributed by atoms with Gasteiger partial charge in [-0.2, -0.15) is 0 Å². The van der Waals surface area contributed by atoms with Crippen molar-refractivity contribution >= 4 is 44.9 Å². The standard InChI is InChI=1S/C31H32BrN5OS/c1-4-22-9-5-6-10-26(22)34-28(38)16-18-36-30(29(35-31(36)39)27-11-7-8-17-33-27)25-19-20(2)37(21(25)3)24-14-12-23(32)13-15-24/h5-15,17,19,29-30H,4,16,18H2,1-3H3,(H,34,38)(H,35,39). The maximum atomic E-state index is 13.1. The average Bonchev–Trinajstić information content (AvgIpc) is 3.43. The Balaban J connectivity index is 1.46. The first-order valence-electron chi connectivity index (χ1n) is 13.2. The molecule has 2 atom stereocenters. The van der Waals surface area contributed by atoms with Gasteiger partial charge < -0.3 is 20.1 Å². The molecule has 1 amide bonds. The zero-order valence-electron chi connectivity index (χ0n) is 22.3. The number of anilines is 1. The predicted molar refractivity (Wildman–Crippen MR) is 164 cm³/mol. The molecular weight excluding hydrogens is 570 g/mol. The van der Waals surface area contributed by atoms with Crippen LogP contribution < -0.4 is 10.6 Å². The highest BCUT2D eigenvalue weighted by atomic mass is 79.9. The van der Waals surface area contributed by atoms with Crippen molar-refractivity contribution in [1.29, 1.82) is 0 Å².